The second-order valence-corrected chi connectivity index (χ2v) is 2.75. The predicted molar refractivity (Wildman–Crippen MR) is 52.7 cm³/mol. The van der Waals surface area contributed by atoms with Gasteiger partial charge < -0.3 is 9.47 Å². The van der Waals surface area contributed by atoms with Crippen molar-refractivity contribution in [3.05, 3.63) is 24.3 Å². The van der Waals surface area contributed by atoms with Crippen molar-refractivity contribution < 1.29 is 9.47 Å². The first-order valence-electron chi connectivity index (χ1n) is 4.19. The topological polar surface area (TPSA) is 18.5 Å². The van der Waals surface area contributed by atoms with Gasteiger partial charge in [-0.25, -0.2) is 0 Å². The summed E-state index contributed by atoms with van der Waals surface area (Å²) in [7, 11) is 0. The van der Waals surface area contributed by atoms with Crippen molar-refractivity contribution in [1.82, 2.24) is 0 Å². The van der Waals surface area contributed by atoms with Crippen LogP contribution in [0.15, 0.2) is 18.2 Å². The van der Waals surface area contributed by atoms with Crippen molar-refractivity contribution in [2.45, 2.75) is 6.92 Å². The van der Waals surface area contributed by atoms with Gasteiger partial charge in [-0.2, -0.15) is 0 Å². The van der Waals surface area contributed by atoms with Gasteiger partial charge in [-0.15, -0.1) is 11.6 Å². The maximum atomic E-state index is 5.49. The Bertz CT molecular complexity index is 250. The highest BCUT2D eigenvalue weighted by molar-refractivity contribution is 6.17. The van der Waals surface area contributed by atoms with Gasteiger partial charge >= 0.3 is 0 Å². The number of alkyl halides is 1. The molecule has 0 saturated heterocycles. The van der Waals surface area contributed by atoms with Crippen molar-refractivity contribution in [3.63, 3.8) is 0 Å². The third kappa shape index (κ3) is 3.55. The lowest BCUT2D eigenvalue weighted by Crippen LogP contribution is -1.98. The van der Waals surface area contributed by atoms with Crippen LogP contribution >= 0.6 is 11.6 Å². The zero-order valence-corrected chi connectivity index (χ0v) is 8.30. The number of rotatable bonds is 5. The molecule has 0 aromatic heterocycles. The smallest absolute Gasteiger partial charge is 0.123 e. The normalized spacial score (nSPS) is 9.69. The maximum absolute atomic E-state index is 5.49. The molecule has 2 nitrogen and oxygen atoms in total. The van der Waals surface area contributed by atoms with Gasteiger partial charge in [-0.1, -0.05) is 0 Å². The van der Waals surface area contributed by atoms with Gasteiger partial charge in [0, 0.05) is 6.07 Å². The van der Waals surface area contributed by atoms with Crippen molar-refractivity contribution in [1.29, 1.82) is 0 Å². The SMILES string of the molecule is CCOc1c[c]cc(OCCCl)c1. The molecular formula is C10H12ClO2. The minimum atomic E-state index is 0.485. The van der Waals surface area contributed by atoms with E-state index in [2.05, 4.69) is 6.07 Å². The van der Waals surface area contributed by atoms with Gasteiger partial charge in [0.15, 0.2) is 0 Å². The lowest BCUT2D eigenvalue weighted by Gasteiger charge is -2.06. The predicted octanol–water partition coefficient (Wildman–Crippen LogP) is 2.50. The number of halogens is 1. The van der Waals surface area contributed by atoms with Crippen molar-refractivity contribution in [3.8, 4) is 11.5 Å². The van der Waals surface area contributed by atoms with E-state index >= 15 is 0 Å². The number of hydrogen-bond acceptors (Lipinski definition) is 2. The Morgan fingerprint density at radius 2 is 2.00 bits per heavy atom. The van der Waals surface area contributed by atoms with Crippen molar-refractivity contribution in [2.24, 2.45) is 0 Å². The van der Waals surface area contributed by atoms with Crippen LogP contribution in [0.25, 0.3) is 0 Å². The van der Waals surface area contributed by atoms with E-state index in [0.29, 0.717) is 19.1 Å². The molecule has 0 heterocycles. The van der Waals surface area contributed by atoms with E-state index in [4.69, 9.17) is 21.1 Å². The van der Waals surface area contributed by atoms with Gasteiger partial charge in [0.25, 0.3) is 0 Å². The van der Waals surface area contributed by atoms with E-state index < -0.39 is 0 Å². The Balaban J connectivity index is 2.56. The summed E-state index contributed by atoms with van der Waals surface area (Å²) >= 11 is 5.49. The summed E-state index contributed by atoms with van der Waals surface area (Å²) in [5.41, 5.74) is 0. The van der Waals surface area contributed by atoms with Crippen LogP contribution in [0, 0.1) is 6.07 Å². The molecule has 0 unspecified atom stereocenters. The fourth-order valence-corrected chi connectivity index (χ4v) is 0.996. The molecule has 0 aliphatic rings. The maximum Gasteiger partial charge on any atom is 0.123 e. The molecule has 0 saturated carbocycles. The first kappa shape index (κ1) is 10.2. The zero-order chi connectivity index (χ0) is 9.52. The average Bonchev–Trinajstić information content (AvgIpc) is 2.16. The highest BCUT2D eigenvalue weighted by Crippen LogP contribution is 2.18. The van der Waals surface area contributed by atoms with Gasteiger partial charge in [0.2, 0.25) is 0 Å². The molecule has 0 N–H and O–H groups in total. The van der Waals surface area contributed by atoms with E-state index in [0.717, 1.165) is 11.5 Å². The minimum absolute atomic E-state index is 0.485. The molecular weight excluding hydrogens is 188 g/mol. The third-order valence-corrected chi connectivity index (χ3v) is 1.55. The third-order valence-electron chi connectivity index (χ3n) is 1.39. The number of benzene rings is 1. The van der Waals surface area contributed by atoms with E-state index in [1.165, 1.54) is 0 Å². The Morgan fingerprint density at radius 1 is 1.31 bits per heavy atom. The van der Waals surface area contributed by atoms with Crippen LogP contribution in [0.2, 0.25) is 0 Å². The number of hydrogen-bond donors (Lipinski definition) is 0. The van der Waals surface area contributed by atoms with Crippen LogP contribution in [0.4, 0.5) is 0 Å². The first-order valence-corrected chi connectivity index (χ1v) is 4.73. The second-order valence-electron chi connectivity index (χ2n) is 2.37. The molecule has 1 aromatic rings. The van der Waals surface area contributed by atoms with Crippen LogP contribution in [-0.2, 0) is 0 Å². The van der Waals surface area contributed by atoms with Gasteiger partial charge in [-0.05, 0) is 25.1 Å². The Hall–Kier alpha value is -0.890. The summed E-state index contributed by atoms with van der Waals surface area (Å²) in [6, 6.07) is 8.29. The Kier molecular flexibility index (Phi) is 4.47. The molecule has 3 heteroatoms. The van der Waals surface area contributed by atoms with Crippen LogP contribution in [0.1, 0.15) is 6.92 Å². The molecule has 1 radical (unpaired) electrons. The van der Waals surface area contributed by atoms with Crippen LogP contribution < -0.4 is 9.47 Å². The molecule has 0 bridgehead atoms. The molecule has 0 atom stereocenters. The molecule has 0 spiro atoms. The summed E-state index contributed by atoms with van der Waals surface area (Å²) in [5, 5.41) is 0. The van der Waals surface area contributed by atoms with E-state index in [9.17, 15) is 0 Å². The highest BCUT2D eigenvalue weighted by Gasteiger charge is 1.96. The fraction of sp³-hybridized carbons (Fsp3) is 0.400. The highest BCUT2D eigenvalue weighted by atomic mass is 35.5. The van der Waals surface area contributed by atoms with Crippen molar-refractivity contribution in [2.75, 3.05) is 19.1 Å². The fourth-order valence-electron chi connectivity index (χ4n) is 0.919. The van der Waals surface area contributed by atoms with E-state index in [1.807, 2.05) is 13.0 Å². The molecule has 1 aromatic carbocycles. The first-order chi connectivity index (χ1) is 6.36. The van der Waals surface area contributed by atoms with Crippen LogP contribution in [-0.4, -0.2) is 19.1 Å². The molecule has 13 heavy (non-hydrogen) atoms. The van der Waals surface area contributed by atoms with E-state index in [1.54, 1.807) is 12.1 Å². The molecule has 0 amide bonds. The molecule has 0 aliphatic heterocycles. The number of ether oxygens (including phenoxy) is 2. The monoisotopic (exact) mass is 199 g/mol. The lowest BCUT2D eigenvalue weighted by molar-refractivity contribution is 0.324. The Morgan fingerprint density at radius 3 is 2.62 bits per heavy atom. The van der Waals surface area contributed by atoms with Gasteiger partial charge in [-0.3, -0.25) is 0 Å². The summed E-state index contributed by atoms with van der Waals surface area (Å²) in [4.78, 5) is 0. The van der Waals surface area contributed by atoms with Crippen molar-refractivity contribution >= 4 is 11.6 Å². The molecule has 1 rings (SSSR count). The minimum Gasteiger partial charge on any atom is -0.494 e. The summed E-state index contributed by atoms with van der Waals surface area (Å²) in [6.45, 7) is 3.09. The zero-order valence-electron chi connectivity index (χ0n) is 7.55. The van der Waals surface area contributed by atoms with Gasteiger partial charge in [0.05, 0.1) is 12.5 Å². The van der Waals surface area contributed by atoms with Gasteiger partial charge in [0.1, 0.15) is 18.1 Å². The molecule has 71 valence electrons. The van der Waals surface area contributed by atoms with E-state index in [-0.39, 0.29) is 0 Å². The average molecular weight is 200 g/mol. The Labute approximate surface area is 83.4 Å². The van der Waals surface area contributed by atoms with Crippen LogP contribution in [0.5, 0.6) is 11.5 Å². The summed E-state index contributed by atoms with van der Waals surface area (Å²) in [5.74, 6) is 2.00. The summed E-state index contributed by atoms with van der Waals surface area (Å²) < 4.78 is 10.6. The standard InChI is InChI=1S/C10H12ClO2/c1-2-12-9-4-3-5-10(8-9)13-7-6-11/h4-5,8H,2,6-7H2,1H3. The molecule has 0 aliphatic carbocycles. The lowest BCUT2D eigenvalue weighted by atomic mass is 10.3. The second kappa shape index (κ2) is 5.70. The largest absolute Gasteiger partial charge is 0.494 e. The quantitative estimate of drug-likeness (QED) is 0.679. The molecule has 0 fully saturated rings. The van der Waals surface area contributed by atoms with Crippen LogP contribution in [0.3, 0.4) is 0 Å². The summed E-state index contributed by atoms with van der Waals surface area (Å²) in [6.07, 6.45) is 0.